The fourth-order valence-corrected chi connectivity index (χ4v) is 3.99. The third-order valence-corrected chi connectivity index (χ3v) is 5.25. The number of rotatable bonds is 2. The van der Waals surface area contributed by atoms with Gasteiger partial charge in [0.15, 0.2) is 0 Å². The van der Waals surface area contributed by atoms with Gasteiger partial charge in [-0.2, -0.15) is 0 Å². The summed E-state index contributed by atoms with van der Waals surface area (Å²) in [7, 11) is 0. The maximum atomic E-state index is 13.2. The van der Waals surface area contributed by atoms with Crippen molar-refractivity contribution in [2.24, 2.45) is 4.99 Å². The summed E-state index contributed by atoms with van der Waals surface area (Å²) < 4.78 is 0. The minimum Gasteiger partial charge on any atom is -0.305 e. The van der Waals surface area contributed by atoms with Gasteiger partial charge in [-0.1, -0.05) is 55.5 Å². The van der Waals surface area contributed by atoms with E-state index < -0.39 is 0 Å². The van der Waals surface area contributed by atoms with Crippen LogP contribution in [0.1, 0.15) is 13.8 Å². The summed E-state index contributed by atoms with van der Waals surface area (Å²) in [6.07, 6.45) is 8.13. The molecule has 2 aromatic rings. The molecule has 1 atom stereocenters. The van der Waals surface area contributed by atoms with Crippen LogP contribution in [0.25, 0.3) is 10.8 Å². The first-order chi connectivity index (χ1) is 12.6. The molecule has 0 saturated carbocycles. The van der Waals surface area contributed by atoms with Crippen molar-refractivity contribution in [2.45, 2.75) is 19.4 Å². The molecular formula is C22H19N3O. The summed E-state index contributed by atoms with van der Waals surface area (Å²) in [5.74, 6) is 0.709. The third kappa shape index (κ3) is 1.99. The van der Waals surface area contributed by atoms with Gasteiger partial charge >= 0.3 is 0 Å². The molecule has 3 aliphatic rings. The van der Waals surface area contributed by atoms with Gasteiger partial charge in [0.05, 0.1) is 22.5 Å². The Morgan fingerprint density at radius 3 is 2.58 bits per heavy atom. The van der Waals surface area contributed by atoms with E-state index in [4.69, 9.17) is 4.99 Å². The topological polar surface area (TPSA) is 44.7 Å². The van der Waals surface area contributed by atoms with E-state index in [0.717, 1.165) is 40.1 Å². The normalized spacial score (nSPS) is 23.2. The summed E-state index contributed by atoms with van der Waals surface area (Å²) in [5, 5.41) is 5.58. The van der Waals surface area contributed by atoms with E-state index in [9.17, 15) is 4.79 Å². The summed E-state index contributed by atoms with van der Waals surface area (Å²) in [5.41, 5.74) is 3.15. The minimum absolute atomic E-state index is 0.0117. The highest BCUT2D eigenvalue weighted by Gasteiger charge is 2.39. The van der Waals surface area contributed by atoms with E-state index in [0.29, 0.717) is 5.57 Å². The van der Waals surface area contributed by atoms with Crippen molar-refractivity contribution < 1.29 is 4.79 Å². The molecule has 0 saturated heterocycles. The van der Waals surface area contributed by atoms with Crippen molar-refractivity contribution in [3.05, 3.63) is 71.8 Å². The zero-order valence-electron chi connectivity index (χ0n) is 14.8. The van der Waals surface area contributed by atoms with Gasteiger partial charge in [-0.3, -0.25) is 9.69 Å². The minimum atomic E-state index is -0.267. The number of anilines is 1. The Morgan fingerprint density at radius 2 is 1.81 bits per heavy atom. The average Bonchev–Trinajstić information content (AvgIpc) is 2.78. The number of carbonyl (C=O) groups is 1. The SMILES string of the molecule is CCNC1(C)C=CC2=C(C=C1)C1=Nc3cccc4cccc(c34)N1C2=O. The highest BCUT2D eigenvalue weighted by molar-refractivity contribution is 6.40. The predicted molar refractivity (Wildman–Crippen MR) is 106 cm³/mol. The molecule has 5 rings (SSSR count). The number of amidine groups is 1. The largest absolute Gasteiger partial charge is 0.305 e. The first-order valence-electron chi connectivity index (χ1n) is 8.94. The van der Waals surface area contributed by atoms with Gasteiger partial charge in [0, 0.05) is 11.0 Å². The van der Waals surface area contributed by atoms with Crippen LogP contribution in [0.5, 0.6) is 0 Å². The smallest absolute Gasteiger partial charge is 0.264 e. The van der Waals surface area contributed by atoms with Gasteiger partial charge in [0.25, 0.3) is 5.91 Å². The molecule has 2 aliphatic heterocycles. The standard InChI is InChI=1S/C22H19N3O/c1-3-23-22(2)12-10-15-16(11-13-22)21(26)25-18-9-5-7-14-6-4-8-17(19(14)18)24-20(15)25/h4-13,23H,3H2,1-2H3. The predicted octanol–water partition coefficient (Wildman–Crippen LogP) is 4.02. The Kier molecular flexibility index (Phi) is 3.09. The Balaban J connectivity index is 1.70. The van der Waals surface area contributed by atoms with Gasteiger partial charge in [0.1, 0.15) is 5.84 Å². The lowest BCUT2D eigenvalue weighted by atomic mass is 10.0. The van der Waals surface area contributed by atoms with E-state index >= 15 is 0 Å². The zero-order valence-corrected chi connectivity index (χ0v) is 14.8. The molecule has 0 fully saturated rings. The molecular weight excluding hydrogens is 322 g/mol. The molecule has 4 heteroatoms. The Labute approximate surface area is 152 Å². The number of nitrogens with one attached hydrogen (secondary N) is 1. The molecule has 128 valence electrons. The third-order valence-electron chi connectivity index (χ3n) is 5.25. The van der Waals surface area contributed by atoms with Gasteiger partial charge in [-0.15, -0.1) is 0 Å². The molecule has 4 nitrogen and oxygen atoms in total. The number of hydrogen-bond acceptors (Lipinski definition) is 3. The lowest BCUT2D eigenvalue weighted by Crippen LogP contribution is -2.38. The van der Waals surface area contributed by atoms with Crippen molar-refractivity contribution >= 4 is 33.9 Å². The van der Waals surface area contributed by atoms with Crippen molar-refractivity contribution in [2.75, 3.05) is 11.4 Å². The fourth-order valence-electron chi connectivity index (χ4n) is 3.99. The lowest BCUT2D eigenvalue weighted by Gasteiger charge is -2.26. The molecule has 0 spiro atoms. The molecule has 0 bridgehead atoms. The summed E-state index contributed by atoms with van der Waals surface area (Å²) in [4.78, 5) is 19.8. The fraction of sp³-hybridized carbons (Fsp3) is 0.182. The van der Waals surface area contributed by atoms with Crippen LogP contribution in [0.4, 0.5) is 11.4 Å². The number of likely N-dealkylation sites (N-methyl/N-ethyl adjacent to an activating group) is 1. The van der Waals surface area contributed by atoms with Crippen LogP contribution in [0.3, 0.4) is 0 Å². The number of aliphatic imine (C=N–C) groups is 1. The summed E-state index contributed by atoms with van der Waals surface area (Å²) >= 11 is 0. The molecule has 1 amide bonds. The van der Waals surface area contributed by atoms with Crippen LogP contribution < -0.4 is 10.2 Å². The van der Waals surface area contributed by atoms with Gasteiger partial charge in [0.2, 0.25) is 0 Å². The first kappa shape index (κ1) is 15.3. The van der Waals surface area contributed by atoms with Gasteiger partial charge < -0.3 is 5.32 Å². The maximum Gasteiger partial charge on any atom is 0.264 e. The highest BCUT2D eigenvalue weighted by Crippen LogP contribution is 2.43. The second-order valence-electron chi connectivity index (χ2n) is 7.04. The number of nitrogens with zero attached hydrogens (tertiary/aromatic N) is 2. The maximum absolute atomic E-state index is 13.2. The van der Waals surface area contributed by atoms with Crippen LogP contribution in [0.15, 0.2) is 76.8 Å². The number of amides is 1. The molecule has 26 heavy (non-hydrogen) atoms. The van der Waals surface area contributed by atoms with Crippen molar-refractivity contribution in [1.29, 1.82) is 0 Å². The average molecular weight is 341 g/mol. The quantitative estimate of drug-likeness (QED) is 0.897. The molecule has 2 aromatic carbocycles. The van der Waals surface area contributed by atoms with Crippen LogP contribution in [-0.2, 0) is 4.79 Å². The van der Waals surface area contributed by atoms with E-state index in [2.05, 4.69) is 43.4 Å². The summed E-state index contributed by atoms with van der Waals surface area (Å²) in [6.45, 7) is 5.04. The lowest BCUT2D eigenvalue weighted by molar-refractivity contribution is -0.113. The second-order valence-corrected chi connectivity index (χ2v) is 7.04. The molecule has 1 aliphatic carbocycles. The van der Waals surface area contributed by atoms with Gasteiger partial charge in [-0.05, 0) is 31.0 Å². The Morgan fingerprint density at radius 1 is 1.08 bits per heavy atom. The molecule has 2 heterocycles. The van der Waals surface area contributed by atoms with Crippen LogP contribution >= 0.6 is 0 Å². The first-order valence-corrected chi connectivity index (χ1v) is 8.94. The number of benzene rings is 2. The van der Waals surface area contributed by atoms with E-state index in [1.54, 1.807) is 4.90 Å². The molecule has 0 radical (unpaired) electrons. The number of fused-ring (bicyclic) bond motifs is 3. The second kappa shape index (κ2) is 5.26. The number of hydrogen-bond donors (Lipinski definition) is 1. The highest BCUT2D eigenvalue weighted by atomic mass is 16.2. The number of carbonyl (C=O) groups excluding carboxylic acids is 1. The van der Waals surface area contributed by atoms with Crippen LogP contribution in [0, 0.1) is 0 Å². The Bertz CT molecular complexity index is 1080. The summed E-state index contributed by atoms with van der Waals surface area (Å²) in [6, 6.07) is 12.1. The van der Waals surface area contributed by atoms with Crippen LogP contribution in [0.2, 0.25) is 0 Å². The monoisotopic (exact) mass is 341 g/mol. The van der Waals surface area contributed by atoms with Gasteiger partial charge in [-0.25, -0.2) is 4.99 Å². The Hall–Kier alpha value is -2.98. The van der Waals surface area contributed by atoms with Crippen LogP contribution in [-0.4, -0.2) is 23.8 Å². The van der Waals surface area contributed by atoms with E-state index in [-0.39, 0.29) is 11.4 Å². The van der Waals surface area contributed by atoms with E-state index in [1.807, 2.05) is 36.4 Å². The van der Waals surface area contributed by atoms with Crippen molar-refractivity contribution in [1.82, 2.24) is 5.32 Å². The van der Waals surface area contributed by atoms with Crippen molar-refractivity contribution in [3.8, 4) is 0 Å². The van der Waals surface area contributed by atoms with Crippen molar-refractivity contribution in [3.63, 3.8) is 0 Å². The molecule has 1 unspecified atom stereocenters. The molecule has 1 N–H and O–H groups in total. The molecule has 0 aromatic heterocycles. The van der Waals surface area contributed by atoms with E-state index in [1.165, 1.54) is 0 Å². The zero-order chi connectivity index (χ0) is 17.9.